The molecule has 27 heavy (non-hydrogen) atoms. The van der Waals surface area contributed by atoms with E-state index in [0.717, 1.165) is 37.6 Å². The number of methoxy groups -OCH3 is 1. The Bertz CT molecular complexity index is 710. The van der Waals surface area contributed by atoms with Crippen LogP contribution in [0.3, 0.4) is 0 Å². The predicted octanol–water partition coefficient (Wildman–Crippen LogP) is 3.37. The molecule has 0 aromatic carbocycles. The van der Waals surface area contributed by atoms with Crippen molar-refractivity contribution < 1.29 is 14.6 Å². The van der Waals surface area contributed by atoms with Crippen LogP contribution in [0.4, 0.5) is 0 Å². The minimum absolute atomic E-state index is 0.0462. The van der Waals surface area contributed by atoms with Gasteiger partial charge in [0.05, 0.1) is 12.7 Å². The fraction of sp³-hybridized carbons (Fsp3) is 0.957. The zero-order valence-electron chi connectivity index (χ0n) is 17.2. The van der Waals surface area contributed by atoms with Crippen LogP contribution >= 0.6 is 0 Å². The summed E-state index contributed by atoms with van der Waals surface area (Å²) in [5.74, 6) is 2.10. The number of aliphatic hydroxyl groups is 1. The van der Waals surface area contributed by atoms with E-state index in [1.54, 1.807) is 0 Å². The van der Waals surface area contributed by atoms with Gasteiger partial charge in [-0.05, 0) is 73.5 Å². The molecular weight excluding hydrogens is 338 g/mol. The Balaban J connectivity index is 1.59. The summed E-state index contributed by atoms with van der Waals surface area (Å²) in [6, 6.07) is 0.954. The van der Waals surface area contributed by atoms with Crippen LogP contribution in [0.1, 0.15) is 71.6 Å². The Kier molecular flexibility index (Phi) is 3.15. The van der Waals surface area contributed by atoms with Crippen molar-refractivity contribution in [3.8, 4) is 0 Å². The number of nitrogens with zero attached hydrogens (tertiary/aromatic N) is 1. The lowest BCUT2D eigenvalue weighted by Crippen LogP contribution is -2.84. The molecule has 3 saturated heterocycles. The number of carbonyl (C=O) groups excluding carboxylic acids is 1. The zero-order chi connectivity index (χ0) is 18.8. The predicted molar refractivity (Wildman–Crippen MR) is 102 cm³/mol. The fourth-order valence-corrected chi connectivity index (χ4v) is 10.6. The van der Waals surface area contributed by atoms with Gasteiger partial charge in [-0.1, -0.05) is 20.3 Å². The van der Waals surface area contributed by atoms with Crippen molar-refractivity contribution >= 4 is 5.97 Å². The normalized spacial score (nSPS) is 59.9. The maximum absolute atomic E-state index is 12.4. The SMILES string of the molecule is COC(=O)CCC12C3C4CCC1(C)C1(O)CCC5(CCCC52)C1N3CC4C. The van der Waals surface area contributed by atoms with Gasteiger partial charge in [0.1, 0.15) is 0 Å². The summed E-state index contributed by atoms with van der Waals surface area (Å²) < 4.78 is 5.08. The van der Waals surface area contributed by atoms with Crippen molar-refractivity contribution in [3.63, 3.8) is 0 Å². The third kappa shape index (κ3) is 1.53. The van der Waals surface area contributed by atoms with Gasteiger partial charge < -0.3 is 9.84 Å². The molecule has 0 aromatic rings. The summed E-state index contributed by atoms with van der Waals surface area (Å²) in [5.41, 5.74) is -0.205. The third-order valence-corrected chi connectivity index (χ3v) is 11.2. The molecule has 4 nitrogen and oxygen atoms in total. The number of hydrogen-bond acceptors (Lipinski definition) is 4. The first-order valence-electron chi connectivity index (χ1n) is 11.4. The highest BCUT2D eigenvalue weighted by molar-refractivity contribution is 5.69. The molecule has 1 spiro atoms. The second-order valence-electron chi connectivity index (χ2n) is 11.3. The van der Waals surface area contributed by atoms with Crippen molar-refractivity contribution in [2.45, 2.75) is 89.3 Å². The van der Waals surface area contributed by atoms with Crippen LogP contribution in [0.25, 0.3) is 0 Å². The Morgan fingerprint density at radius 3 is 2.81 bits per heavy atom. The van der Waals surface area contributed by atoms with Crippen LogP contribution in [0.2, 0.25) is 0 Å². The first-order chi connectivity index (χ1) is 12.9. The van der Waals surface area contributed by atoms with E-state index in [2.05, 4.69) is 18.7 Å². The summed E-state index contributed by atoms with van der Waals surface area (Å²) >= 11 is 0. The number of rotatable bonds is 3. The Labute approximate surface area is 163 Å². The van der Waals surface area contributed by atoms with Crippen LogP contribution in [0.15, 0.2) is 0 Å². The molecule has 4 saturated carbocycles. The number of piperidine rings is 2. The quantitative estimate of drug-likeness (QED) is 0.771. The average molecular weight is 374 g/mol. The summed E-state index contributed by atoms with van der Waals surface area (Å²) in [6.45, 7) is 6.03. The minimum atomic E-state index is -0.560. The molecular formula is C23H35NO3. The molecule has 7 aliphatic rings. The average Bonchev–Trinajstić information content (AvgIpc) is 3.30. The number of hydrogen-bond donors (Lipinski definition) is 1. The van der Waals surface area contributed by atoms with Crippen LogP contribution in [0.5, 0.6) is 0 Å². The number of carbonyl (C=O) groups is 1. The maximum Gasteiger partial charge on any atom is 0.305 e. The van der Waals surface area contributed by atoms with E-state index in [0.29, 0.717) is 29.8 Å². The van der Waals surface area contributed by atoms with Gasteiger partial charge in [-0.15, -0.1) is 0 Å². The van der Waals surface area contributed by atoms with Crippen molar-refractivity contribution in [2.75, 3.05) is 13.7 Å². The molecule has 3 heterocycles. The first-order valence-corrected chi connectivity index (χ1v) is 11.4. The molecule has 9 atom stereocenters. The van der Waals surface area contributed by atoms with E-state index in [4.69, 9.17) is 4.74 Å². The van der Waals surface area contributed by atoms with Gasteiger partial charge in [0.2, 0.25) is 0 Å². The molecule has 9 unspecified atom stereocenters. The van der Waals surface area contributed by atoms with Crippen LogP contribution in [-0.2, 0) is 9.53 Å². The van der Waals surface area contributed by atoms with Gasteiger partial charge >= 0.3 is 5.97 Å². The summed E-state index contributed by atoms with van der Waals surface area (Å²) in [6.07, 6.45) is 9.95. The van der Waals surface area contributed by atoms with Gasteiger partial charge in [-0.2, -0.15) is 0 Å². The monoisotopic (exact) mass is 373 g/mol. The molecule has 0 aromatic heterocycles. The zero-order valence-corrected chi connectivity index (χ0v) is 17.2. The summed E-state index contributed by atoms with van der Waals surface area (Å²) in [4.78, 5) is 15.1. The number of ether oxygens (including phenoxy) is 1. The van der Waals surface area contributed by atoms with Crippen molar-refractivity contribution in [2.24, 2.45) is 34.0 Å². The van der Waals surface area contributed by atoms with Gasteiger partial charge in [0.15, 0.2) is 0 Å². The molecule has 150 valence electrons. The Morgan fingerprint density at radius 2 is 2.04 bits per heavy atom. The highest BCUT2D eigenvalue weighted by Crippen LogP contribution is 2.84. The van der Waals surface area contributed by atoms with Gasteiger partial charge in [0, 0.05) is 30.5 Å². The molecule has 7 rings (SSSR count). The van der Waals surface area contributed by atoms with E-state index >= 15 is 0 Å². The standard InChI is InChI=1S/C23H35NO3/c1-14-13-24-18-15(14)6-9-20(2)22(18,10-7-17(25)27-3)16-5-4-8-21(16)11-12-23(20,26)19(21)24/h14-16,18-19,26H,4-13H2,1-3H3. The second kappa shape index (κ2) is 4.92. The smallest absolute Gasteiger partial charge is 0.305 e. The summed E-state index contributed by atoms with van der Waals surface area (Å²) in [5, 5.41) is 12.4. The van der Waals surface area contributed by atoms with Gasteiger partial charge in [-0.25, -0.2) is 0 Å². The van der Waals surface area contributed by atoms with Gasteiger partial charge in [-0.3, -0.25) is 9.69 Å². The van der Waals surface area contributed by atoms with Crippen LogP contribution in [-0.4, -0.2) is 47.3 Å². The third-order valence-electron chi connectivity index (χ3n) is 11.2. The second-order valence-corrected chi connectivity index (χ2v) is 11.3. The number of esters is 1. The van der Waals surface area contributed by atoms with E-state index in [9.17, 15) is 9.90 Å². The lowest BCUT2D eigenvalue weighted by atomic mass is 9.33. The summed E-state index contributed by atoms with van der Waals surface area (Å²) in [7, 11) is 1.52. The molecule has 4 heteroatoms. The lowest BCUT2D eigenvalue weighted by molar-refractivity contribution is -0.337. The highest BCUT2D eigenvalue weighted by Gasteiger charge is 2.87. The molecule has 7 fully saturated rings. The first kappa shape index (κ1) is 17.3. The lowest BCUT2D eigenvalue weighted by Gasteiger charge is -2.78. The topological polar surface area (TPSA) is 49.8 Å². The largest absolute Gasteiger partial charge is 0.469 e. The molecule has 3 aliphatic heterocycles. The van der Waals surface area contributed by atoms with Crippen molar-refractivity contribution in [3.05, 3.63) is 0 Å². The highest BCUT2D eigenvalue weighted by atomic mass is 16.5. The van der Waals surface area contributed by atoms with Crippen LogP contribution < -0.4 is 0 Å². The van der Waals surface area contributed by atoms with Crippen LogP contribution in [0, 0.1) is 34.0 Å². The van der Waals surface area contributed by atoms with E-state index in [1.165, 1.54) is 39.2 Å². The van der Waals surface area contributed by atoms with Gasteiger partial charge in [0.25, 0.3) is 0 Å². The van der Waals surface area contributed by atoms with Crippen molar-refractivity contribution in [1.29, 1.82) is 0 Å². The van der Waals surface area contributed by atoms with Crippen molar-refractivity contribution in [1.82, 2.24) is 4.90 Å². The minimum Gasteiger partial charge on any atom is -0.469 e. The molecule has 0 amide bonds. The van der Waals surface area contributed by atoms with E-state index < -0.39 is 5.60 Å². The molecule has 0 radical (unpaired) electrons. The molecule has 4 aliphatic carbocycles. The molecule has 1 N–H and O–H groups in total. The Hall–Kier alpha value is -0.610. The van der Waals surface area contributed by atoms with E-state index in [-0.39, 0.29) is 16.8 Å². The maximum atomic E-state index is 12.4. The molecule has 6 bridgehead atoms. The Morgan fingerprint density at radius 1 is 1.22 bits per heavy atom. The van der Waals surface area contributed by atoms with E-state index in [1.807, 2.05) is 0 Å². The fourth-order valence-electron chi connectivity index (χ4n) is 10.6.